The van der Waals surface area contributed by atoms with Crippen LogP contribution in [0.15, 0.2) is 42.7 Å². The van der Waals surface area contributed by atoms with Crippen molar-refractivity contribution in [3.05, 3.63) is 47.6 Å². The van der Waals surface area contributed by atoms with Crippen LogP contribution in [0.5, 0.6) is 0 Å². The van der Waals surface area contributed by atoms with Gasteiger partial charge in [0.1, 0.15) is 0 Å². The Hall–Kier alpha value is -2.47. The van der Waals surface area contributed by atoms with E-state index >= 15 is 0 Å². The molecule has 2 heterocycles. The quantitative estimate of drug-likeness (QED) is 0.701. The lowest BCUT2D eigenvalue weighted by molar-refractivity contribution is 0.102. The van der Waals surface area contributed by atoms with Crippen LogP contribution < -0.4 is 11.1 Å². The number of nitrogens with two attached hydrogens (primary N) is 1. The van der Waals surface area contributed by atoms with Gasteiger partial charge in [-0.25, -0.2) is 9.97 Å². The lowest BCUT2D eigenvalue weighted by Crippen LogP contribution is -2.12. The van der Waals surface area contributed by atoms with Gasteiger partial charge in [0.2, 0.25) is 5.95 Å². The molecule has 0 spiro atoms. The second-order valence-electron chi connectivity index (χ2n) is 3.93. The molecule has 0 saturated carbocycles. The molecule has 0 bridgehead atoms. The number of aromatic nitrogens is 2. The second kappa shape index (κ2) is 4.66. The first-order valence-electron chi connectivity index (χ1n) is 5.60. The number of nitrogen functional groups attached to an aromatic ring is 1. The van der Waals surface area contributed by atoms with Crippen molar-refractivity contribution in [2.45, 2.75) is 0 Å². The number of nitrogens with zero attached hydrogens (tertiary/aromatic N) is 2. The van der Waals surface area contributed by atoms with Gasteiger partial charge in [-0.05, 0) is 35.7 Å². The van der Waals surface area contributed by atoms with Crippen molar-refractivity contribution in [1.29, 1.82) is 0 Å². The molecule has 0 aliphatic carbocycles. The van der Waals surface area contributed by atoms with E-state index in [1.54, 1.807) is 18.5 Å². The SMILES string of the molecule is Nc1ccc2sc(C(=O)Nc3ncccn3)cc2c1. The predicted octanol–water partition coefficient (Wildman–Crippen LogP) is 2.53. The van der Waals surface area contributed by atoms with Gasteiger partial charge in [-0.1, -0.05) is 0 Å². The number of hydrogen-bond acceptors (Lipinski definition) is 5. The molecule has 94 valence electrons. The topological polar surface area (TPSA) is 80.9 Å². The minimum atomic E-state index is -0.217. The van der Waals surface area contributed by atoms with Gasteiger partial charge in [0.05, 0.1) is 4.88 Å². The Kier molecular flexibility index (Phi) is 2.85. The minimum absolute atomic E-state index is 0.217. The van der Waals surface area contributed by atoms with Crippen molar-refractivity contribution in [2.24, 2.45) is 0 Å². The van der Waals surface area contributed by atoms with E-state index in [-0.39, 0.29) is 5.91 Å². The lowest BCUT2D eigenvalue weighted by Gasteiger charge is -1.99. The highest BCUT2D eigenvalue weighted by Gasteiger charge is 2.11. The van der Waals surface area contributed by atoms with Crippen LogP contribution in [0, 0.1) is 0 Å². The zero-order valence-electron chi connectivity index (χ0n) is 9.83. The van der Waals surface area contributed by atoms with E-state index < -0.39 is 0 Å². The summed E-state index contributed by atoms with van der Waals surface area (Å²) in [6, 6.07) is 9.08. The average Bonchev–Trinajstić information content (AvgIpc) is 2.83. The number of hydrogen-bond donors (Lipinski definition) is 2. The summed E-state index contributed by atoms with van der Waals surface area (Å²) < 4.78 is 1.02. The summed E-state index contributed by atoms with van der Waals surface area (Å²) in [4.78, 5) is 20.6. The summed E-state index contributed by atoms with van der Waals surface area (Å²) in [5, 5.41) is 3.61. The molecule has 0 unspecified atom stereocenters. The first kappa shape index (κ1) is 11.6. The molecule has 1 amide bonds. The average molecular weight is 270 g/mol. The number of nitrogens with one attached hydrogen (secondary N) is 1. The maximum absolute atomic E-state index is 12.1. The molecule has 3 rings (SSSR count). The monoisotopic (exact) mass is 270 g/mol. The van der Waals surface area contributed by atoms with Crippen LogP contribution in [-0.4, -0.2) is 15.9 Å². The summed E-state index contributed by atoms with van der Waals surface area (Å²) in [5.41, 5.74) is 6.40. The highest BCUT2D eigenvalue weighted by Crippen LogP contribution is 2.27. The predicted molar refractivity (Wildman–Crippen MR) is 76.2 cm³/mol. The Morgan fingerprint density at radius 3 is 2.79 bits per heavy atom. The van der Waals surface area contributed by atoms with Crippen molar-refractivity contribution in [3.8, 4) is 0 Å². The third-order valence-electron chi connectivity index (χ3n) is 2.56. The van der Waals surface area contributed by atoms with Gasteiger partial charge < -0.3 is 5.73 Å². The van der Waals surface area contributed by atoms with Gasteiger partial charge in [0.15, 0.2) is 0 Å². The second-order valence-corrected chi connectivity index (χ2v) is 5.02. The van der Waals surface area contributed by atoms with E-state index in [1.807, 2.05) is 24.3 Å². The van der Waals surface area contributed by atoms with E-state index in [0.29, 0.717) is 16.5 Å². The third kappa shape index (κ3) is 2.38. The molecular weight excluding hydrogens is 260 g/mol. The zero-order chi connectivity index (χ0) is 13.2. The minimum Gasteiger partial charge on any atom is -0.399 e. The number of anilines is 2. The molecule has 0 saturated heterocycles. The first-order chi connectivity index (χ1) is 9.22. The Morgan fingerprint density at radius 2 is 2.00 bits per heavy atom. The summed E-state index contributed by atoms with van der Waals surface area (Å²) in [6.45, 7) is 0. The molecule has 5 nitrogen and oxygen atoms in total. The van der Waals surface area contributed by atoms with Crippen LogP contribution >= 0.6 is 11.3 Å². The van der Waals surface area contributed by atoms with E-state index in [2.05, 4.69) is 15.3 Å². The molecule has 3 N–H and O–H groups in total. The van der Waals surface area contributed by atoms with Gasteiger partial charge in [-0.3, -0.25) is 10.1 Å². The first-order valence-corrected chi connectivity index (χ1v) is 6.41. The van der Waals surface area contributed by atoms with Crippen LogP contribution in [0.1, 0.15) is 9.67 Å². The Bertz CT molecular complexity index is 739. The highest BCUT2D eigenvalue weighted by molar-refractivity contribution is 7.20. The molecule has 0 aliphatic rings. The molecule has 1 aromatic carbocycles. The molecule has 3 aromatic rings. The van der Waals surface area contributed by atoms with Crippen molar-refractivity contribution in [3.63, 3.8) is 0 Å². The van der Waals surface area contributed by atoms with Gasteiger partial charge in [0.25, 0.3) is 5.91 Å². The summed E-state index contributed by atoms with van der Waals surface area (Å²) >= 11 is 1.41. The molecule has 0 aliphatic heterocycles. The summed E-state index contributed by atoms with van der Waals surface area (Å²) in [7, 11) is 0. The number of benzene rings is 1. The van der Waals surface area contributed by atoms with Crippen LogP contribution in [0.4, 0.5) is 11.6 Å². The zero-order valence-corrected chi connectivity index (χ0v) is 10.6. The van der Waals surface area contributed by atoms with Crippen molar-refractivity contribution >= 4 is 39.0 Å². The van der Waals surface area contributed by atoms with E-state index in [0.717, 1.165) is 10.1 Å². The Balaban J connectivity index is 1.89. The number of carbonyl (C=O) groups is 1. The van der Waals surface area contributed by atoms with Crippen LogP contribution in [0.3, 0.4) is 0 Å². The lowest BCUT2D eigenvalue weighted by atomic mass is 10.2. The molecule has 6 heteroatoms. The molecule has 2 aromatic heterocycles. The molecule has 0 atom stereocenters. The fourth-order valence-electron chi connectivity index (χ4n) is 1.70. The Labute approximate surface area is 113 Å². The van der Waals surface area contributed by atoms with Crippen LogP contribution in [-0.2, 0) is 0 Å². The fourth-order valence-corrected chi connectivity index (χ4v) is 2.64. The van der Waals surface area contributed by atoms with Crippen molar-refractivity contribution in [1.82, 2.24) is 9.97 Å². The van der Waals surface area contributed by atoms with E-state index in [1.165, 1.54) is 11.3 Å². The van der Waals surface area contributed by atoms with Gasteiger partial charge >= 0.3 is 0 Å². The number of amides is 1. The summed E-state index contributed by atoms with van der Waals surface area (Å²) in [5.74, 6) is 0.0791. The number of carbonyl (C=O) groups excluding carboxylic acids is 1. The normalized spacial score (nSPS) is 10.5. The number of thiophene rings is 1. The maximum atomic E-state index is 12.1. The largest absolute Gasteiger partial charge is 0.399 e. The van der Waals surface area contributed by atoms with E-state index in [9.17, 15) is 4.79 Å². The molecule has 19 heavy (non-hydrogen) atoms. The maximum Gasteiger partial charge on any atom is 0.268 e. The fraction of sp³-hybridized carbons (Fsp3) is 0. The number of rotatable bonds is 2. The van der Waals surface area contributed by atoms with Crippen LogP contribution in [0.2, 0.25) is 0 Å². The Morgan fingerprint density at radius 1 is 1.21 bits per heavy atom. The third-order valence-corrected chi connectivity index (χ3v) is 3.67. The van der Waals surface area contributed by atoms with Gasteiger partial charge in [0, 0.05) is 22.8 Å². The smallest absolute Gasteiger partial charge is 0.268 e. The number of fused-ring (bicyclic) bond motifs is 1. The molecule has 0 fully saturated rings. The van der Waals surface area contributed by atoms with Gasteiger partial charge in [-0.2, -0.15) is 0 Å². The summed E-state index contributed by atoms with van der Waals surface area (Å²) in [6.07, 6.45) is 3.16. The molecular formula is C13H10N4OS. The standard InChI is InChI=1S/C13H10N4OS/c14-9-2-3-10-8(6-9)7-11(19-10)12(18)17-13-15-4-1-5-16-13/h1-7H,14H2,(H,15,16,17,18). The van der Waals surface area contributed by atoms with E-state index in [4.69, 9.17) is 5.73 Å². The van der Waals surface area contributed by atoms with Crippen molar-refractivity contribution in [2.75, 3.05) is 11.1 Å². The van der Waals surface area contributed by atoms with Crippen LogP contribution in [0.25, 0.3) is 10.1 Å². The van der Waals surface area contributed by atoms with Gasteiger partial charge in [-0.15, -0.1) is 11.3 Å². The molecule has 0 radical (unpaired) electrons. The van der Waals surface area contributed by atoms with Crippen molar-refractivity contribution < 1.29 is 4.79 Å². The highest BCUT2D eigenvalue weighted by atomic mass is 32.1.